The van der Waals surface area contributed by atoms with E-state index in [1.807, 2.05) is 21.7 Å². The van der Waals surface area contributed by atoms with Gasteiger partial charge in [-0.05, 0) is 42.2 Å². The van der Waals surface area contributed by atoms with Gasteiger partial charge in [0.25, 0.3) is 0 Å². The molecule has 0 spiro atoms. The molecule has 6 heteroatoms. The van der Waals surface area contributed by atoms with Crippen LogP contribution < -0.4 is 0 Å². The van der Waals surface area contributed by atoms with Crippen LogP contribution in [0.5, 0.6) is 0 Å². The summed E-state index contributed by atoms with van der Waals surface area (Å²) >= 11 is 1.50. The Morgan fingerprint density at radius 3 is 2.70 bits per heavy atom. The highest BCUT2D eigenvalue weighted by Gasteiger charge is 2.33. The molecule has 1 saturated heterocycles. The molecule has 0 saturated carbocycles. The molecule has 1 unspecified atom stereocenters. The molecular weight excluding hydrogens is 278 g/mol. The van der Waals surface area contributed by atoms with Crippen LogP contribution in [-0.4, -0.2) is 41.6 Å². The highest BCUT2D eigenvalue weighted by atomic mass is 32.1. The third kappa shape index (κ3) is 3.37. The molecule has 1 fully saturated rings. The largest absolute Gasteiger partial charge is 0.480 e. The van der Waals surface area contributed by atoms with Gasteiger partial charge in [-0.3, -0.25) is 14.5 Å². The van der Waals surface area contributed by atoms with Crippen LogP contribution in [0.3, 0.4) is 0 Å². The van der Waals surface area contributed by atoms with Gasteiger partial charge in [0.2, 0.25) is 0 Å². The summed E-state index contributed by atoms with van der Waals surface area (Å²) in [6.07, 6.45) is 1.32. The second-order valence-electron chi connectivity index (χ2n) is 4.86. The third-order valence-electron chi connectivity index (χ3n) is 3.61. The second kappa shape index (κ2) is 6.85. The lowest BCUT2D eigenvalue weighted by Gasteiger charge is -2.34. The number of rotatable bonds is 5. The summed E-state index contributed by atoms with van der Waals surface area (Å²) in [5, 5.41) is 13.2. The minimum Gasteiger partial charge on any atom is -0.480 e. The van der Waals surface area contributed by atoms with E-state index in [0.29, 0.717) is 32.5 Å². The van der Waals surface area contributed by atoms with E-state index in [1.165, 1.54) is 11.3 Å². The quantitative estimate of drug-likeness (QED) is 0.844. The normalized spacial score (nSPS) is 18.6. The van der Waals surface area contributed by atoms with Gasteiger partial charge in [-0.25, -0.2) is 0 Å². The Hall–Kier alpha value is -1.40. The minimum absolute atomic E-state index is 0.0943. The Morgan fingerprint density at radius 1 is 1.50 bits per heavy atom. The number of hydrogen-bond donors (Lipinski definition) is 1. The van der Waals surface area contributed by atoms with E-state index in [-0.39, 0.29) is 11.9 Å². The summed E-state index contributed by atoms with van der Waals surface area (Å²) in [4.78, 5) is 25.1. The summed E-state index contributed by atoms with van der Waals surface area (Å²) in [6.45, 7) is 3.41. The maximum Gasteiger partial charge on any atom is 0.325 e. The first kappa shape index (κ1) is 15.0. The van der Waals surface area contributed by atoms with Gasteiger partial charge in [-0.15, -0.1) is 0 Å². The van der Waals surface area contributed by atoms with E-state index in [4.69, 9.17) is 4.74 Å². The number of carboxylic acid groups (broad SMARTS) is 1. The number of thiophene rings is 1. The molecule has 1 atom stereocenters. The zero-order valence-corrected chi connectivity index (χ0v) is 12.3. The molecule has 0 aromatic carbocycles. The monoisotopic (exact) mass is 297 g/mol. The molecule has 0 bridgehead atoms. The highest BCUT2D eigenvalue weighted by Crippen LogP contribution is 2.28. The molecular formula is C14H19NO4S. The van der Waals surface area contributed by atoms with Crippen molar-refractivity contribution in [2.75, 3.05) is 19.7 Å². The van der Waals surface area contributed by atoms with Gasteiger partial charge < -0.3 is 9.84 Å². The van der Waals surface area contributed by atoms with E-state index in [9.17, 15) is 14.7 Å². The number of esters is 1. The highest BCUT2D eigenvalue weighted by molar-refractivity contribution is 7.08. The number of carboxylic acids is 1. The number of hydrogen-bond acceptors (Lipinski definition) is 5. The first-order chi connectivity index (χ1) is 9.63. The van der Waals surface area contributed by atoms with E-state index in [0.717, 1.165) is 5.56 Å². The van der Waals surface area contributed by atoms with Crippen molar-refractivity contribution >= 4 is 23.3 Å². The van der Waals surface area contributed by atoms with Gasteiger partial charge >= 0.3 is 11.9 Å². The van der Waals surface area contributed by atoms with E-state index in [2.05, 4.69) is 0 Å². The summed E-state index contributed by atoms with van der Waals surface area (Å²) in [5.41, 5.74) is 0.817. The summed E-state index contributed by atoms with van der Waals surface area (Å²) < 4.78 is 5.02. The summed E-state index contributed by atoms with van der Waals surface area (Å²) in [6, 6.07) is 1.24. The molecule has 1 aliphatic rings. The number of nitrogens with zero attached hydrogens (tertiary/aromatic N) is 1. The van der Waals surface area contributed by atoms with Crippen molar-refractivity contribution in [2.24, 2.45) is 5.92 Å². The predicted molar refractivity (Wildman–Crippen MR) is 75.6 cm³/mol. The van der Waals surface area contributed by atoms with Gasteiger partial charge in [0, 0.05) is 13.1 Å². The van der Waals surface area contributed by atoms with Crippen LogP contribution in [0.25, 0.3) is 0 Å². The van der Waals surface area contributed by atoms with Gasteiger partial charge in [0.05, 0.1) is 12.5 Å². The van der Waals surface area contributed by atoms with Crippen LogP contribution >= 0.6 is 11.3 Å². The van der Waals surface area contributed by atoms with E-state index in [1.54, 1.807) is 6.92 Å². The molecule has 0 amide bonds. The molecule has 2 rings (SSSR count). The number of aliphatic carboxylic acids is 1. The Balaban J connectivity index is 1.98. The Bertz CT molecular complexity index is 452. The molecule has 0 radical (unpaired) electrons. The Kier molecular flexibility index (Phi) is 5.14. The standard InChI is InChI=1S/C14H19NO4S/c1-2-19-14(18)10-3-6-15(7-4-10)12(13(16)17)11-5-8-20-9-11/h5,8-10,12H,2-4,6-7H2,1H3,(H,16,17). The molecule has 2 heterocycles. The number of piperidine rings is 1. The molecule has 1 aliphatic heterocycles. The average molecular weight is 297 g/mol. The summed E-state index contributed by atoms with van der Waals surface area (Å²) in [7, 11) is 0. The zero-order valence-electron chi connectivity index (χ0n) is 11.4. The fourth-order valence-corrected chi connectivity index (χ4v) is 3.27. The van der Waals surface area contributed by atoms with Gasteiger partial charge in [-0.1, -0.05) is 0 Å². The van der Waals surface area contributed by atoms with Crippen LogP contribution in [0.2, 0.25) is 0 Å². The van der Waals surface area contributed by atoms with Crippen LogP contribution in [0, 0.1) is 5.92 Å². The maximum absolute atomic E-state index is 11.7. The van der Waals surface area contributed by atoms with Gasteiger partial charge in [-0.2, -0.15) is 11.3 Å². The number of likely N-dealkylation sites (tertiary alicyclic amines) is 1. The molecule has 0 aliphatic carbocycles. The Labute approximate surface area is 122 Å². The molecule has 1 N–H and O–H groups in total. The Morgan fingerprint density at radius 2 is 2.20 bits per heavy atom. The topological polar surface area (TPSA) is 66.8 Å². The summed E-state index contributed by atoms with van der Waals surface area (Å²) in [5.74, 6) is -1.09. The number of ether oxygens (including phenoxy) is 1. The molecule has 20 heavy (non-hydrogen) atoms. The SMILES string of the molecule is CCOC(=O)C1CCN(C(C(=O)O)c2ccsc2)CC1. The average Bonchev–Trinajstić information content (AvgIpc) is 2.93. The third-order valence-corrected chi connectivity index (χ3v) is 4.31. The van der Waals surface area contributed by atoms with Crippen molar-refractivity contribution in [1.82, 2.24) is 4.90 Å². The first-order valence-corrected chi connectivity index (χ1v) is 7.73. The fraction of sp³-hybridized carbons (Fsp3) is 0.571. The maximum atomic E-state index is 11.7. The van der Waals surface area contributed by atoms with Crippen LogP contribution in [0.4, 0.5) is 0 Å². The smallest absolute Gasteiger partial charge is 0.325 e. The minimum atomic E-state index is -0.835. The van der Waals surface area contributed by atoms with Crippen LogP contribution in [0.1, 0.15) is 31.4 Å². The molecule has 1 aromatic heterocycles. The molecule has 110 valence electrons. The van der Waals surface area contributed by atoms with Crippen molar-refractivity contribution in [2.45, 2.75) is 25.8 Å². The number of carbonyl (C=O) groups excluding carboxylic acids is 1. The lowest BCUT2D eigenvalue weighted by molar-refractivity contribution is -0.150. The number of carbonyl (C=O) groups is 2. The van der Waals surface area contributed by atoms with Gasteiger partial charge in [0.15, 0.2) is 0 Å². The zero-order chi connectivity index (χ0) is 14.5. The van der Waals surface area contributed by atoms with Crippen molar-refractivity contribution < 1.29 is 19.4 Å². The van der Waals surface area contributed by atoms with Crippen molar-refractivity contribution in [3.63, 3.8) is 0 Å². The lowest BCUT2D eigenvalue weighted by atomic mass is 9.95. The van der Waals surface area contributed by atoms with Crippen molar-refractivity contribution in [3.05, 3.63) is 22.4 Å². The second-order valence-corrected chi connectivity index (χ2v) is 5.64. The predicted octanol–water partition coefficient (Wildman–Crippen LogP) is 2.15. The lowest BCUT2D eigenvalue weighted by Crippen LogP contribution is -2.41. The van der Waals surface area contributed by atoms with Crippen molar-refractivity contribution in [1.29, 1.82) is 0 Å². The first-order valence-electron chi connectivity index (χ1n) is 6.79. The fourth-order valence-electron chi connectivity index (χ4n) is 2.59. The van der Waals surface area contributed by atoms with Crippen LogP contribution in [0.15, 0.2) is 16.8 Å². The molecule has 1 aromatic rings. The van der Waals surface area contributed by atoms with Crippen LogP contribution in [-0.2, 0) is 14.3 Å². The van der Waals surface area contributed by atoms with Crippen molar-refractivity contribution in [3.8, 4) is 0 Å². The van der Waals surface area contributed by atoms with E-state index < -0.39 is 12.0 Å². The molecule has 5 nitrogen and oxygen atoms in total. The van der Waals surface area contributed by atoms with E-state index >= 15 is 0 Å². The van der Waals surface area contributed by atoms with Gasteiger partial charge in [0.1, 0.15) is 6.04 Å².